The molecule has 1 aliphatic rings. The van der Waals surface area contributed by atoms with Crippen molar-refractivity contribution in [3.63, 3.8) is 0 Å². The summed E-state index contributed by atoms with van der Waals surface area (Å²) in [5.74, 6) is 2.09. The van der Waals surface area contributed by atoms with Gasteiger partial charge in [0.15, 0.2) is 5.82 Å². The molecule has 1 fully saturated rings. The summed E-state index contributed by atoms with van der Waals surface area (Å²) in [6.07, 6.45) is 9.18. The van der Waals surface area contributed by atoms with Crippen molar-refractivity contribution in [1.82, 2.24) is 34.4 Å². The van der Waals surface area contributed by atoms with Gasteiger partial charge in [0, 0.05) is 50.8 Å². The molecular weight excluding hydrogens is 318 g/mol. The largest absolute Gasteiger partial charge is 0.367 e. The molecule has 4 heterocycles. The van der Waals surface area contributed by atoms with Gasteiger partial charge < -0.3 is 14.5 Å². The molecule has 4 rings (SSSR count). The first kappa shape index (κ1) is 15.6. The maximum Gasteiger partial charge on any atom is 0.255 e. The van der Waals surface area contributed by atoms with Gasteiger partial charge in [0.25, 0.3) is 5.91 Å². The first-order chi connectivity index (χ1) is 12.2. The maximum absolute atomic E-state index is 12.6. The molecule has 1 atom stereocenters. The summed E-state index contributed by atoms with van der Waals surface area (Å²) in [6, 6.07) is 3.71. The van der Waals surface area contributed by atoms with E-state index in [4.69, 9.17) is 0 Å². The molecule has 1 N–H and O–H groups in total. The van der Waals surface area contributed by atoms with Crippen molar-refractivity contribution in [2.45, 2.75) is 25.3 Å². The molecule has 0 aliphatic carbocycles. The fraction of sp³-hybridized carbons (Fsp3) is 0.412. The zero-order chi connectivity index (χ0) is 17.2. The van der Waals surface area contributed by atoms with E-state index in [0.29, 0.717) is 18.7 Å². The molecule has 0 radical (unpaired) electrons. The van der Waals surface area contributed by atoms with Crippen LogP contribution in [0.3, 0.4) is 0 Å². The molecule has 1 aliphatic heterocycles. The van der Waals surface area contributed by atoms with Crippen LogP contribution in [0.5, 0.6) is 0 Å². The SMILES string of the molecule is Cn1c(Cn2cccn2)nnc1[C@H]1CCCN(C(=O)c2cc[nH]c2)C1. The highest BCUT2D eigenvalue weighted by Gasteiger charge is 2.29. The highest BCUT2D eigenvalue weighted by Crippen LogP contribution is 2.26. The molecule has 1 saturated heterocycles. The molecule has 8 heteroatoms. The summed E-state index contributed by atoms with van der Waals surface area (Å²) < 4.78 is 3.87. The van der Waals surface area contributed by atoms with Crippen LogP contribution in [0.4, 0.5) is 0 Å². The average Bonchev–Trinajstić information content (AvgIpc) is 3.38. The molecular formula is C17H21N7O. The third kappa shape index (κ3) is 3.07. The summed E-state index contributed by atoms with van der Waals surface area (Å²) in [4.78, 5) is 17.5. The van der Waals surface area contributed by atoms with Gasteiger partial charge in [-0.1, -0.05) is 0 Å². The van der Waals surface area contributed by atoms with Crippen molar-refractivity contribution in [2.75, 3.05) is 13.1 Å². The summed E-state index contributed by atoms with van der Waals surface area (Å²) >= 11 is 0. The molecule has 130 valence electrons. The van der Waals surface area contributed by atoms with Crippen LogP contribution in [-0.2, 0) is 13.6 Å². The van der Waals surface area contributed by atoms with Crippen LogP contribution in [-0.4, -0.2) is 53.4 Å². The third-order valence-electron chi connectivity index (χ3n) is 4.78. The minimum atomic E-state index is 0.0740. The molecule has 1 amide bonds. The quantitative estimate of drug-likeness (QED) is 0.779. The third-order valence-corrected chi connectivity index (χ3v) is 4.78. The van der Waals surface area contributed by atoms with Crippen molar-refractivity contribution in [3.05, 3.63) is 54.1 Å². The highest BCUT2D eigenvalue weighted by atomic mass is 16.2. The molecule has 0 aromatic carbocycles. The van der Waals surface area contributed by atoms with E-state index in [0.717, 1.165) is 31.0 Å². The van der Waals surface area contributed by atoms with Crippen LogP contribution < -0.4 is 0 Å². The van der Waals surface area contributed by atoms with E-state index in [-0.39, 0.29) is 11.8 Å². The van der Waals surface area contributed by atoms with Gasteiger partial charge in [-0.25, -0.2) is 0 Å². The Morgan fingerprint density at radius 3 is 3.08 bits per heavy atom. The van der Waals surface area contributed by atoms with Crippen LogP contribution in [0.15, 0.2) is 36.9 Å². The summed E-state index contributed by atoms with van der Waals surface area (Å²) in [6.45, 7) is 2.06. The Labute approximate surface area is 145 Å². The first-order valence-corrected chi connectivity index (χ1v) is 8.50. The number of nitrogens with zero attached hydrogens (tertiary/aromatic N) is 6. The number of rotatable bonds is 4. The van der Waals surface area contributed by atoms with Crippen LogP contribution >= 0.6 is 0 Å². The number of aromatic amines is 1. The van der Waals surface area contributed by atoms with Gasteiger partial charge in [-0.2, -0.15) is 5.10 Å². The number of hydrogen-bond donors (Lipinski definition) is 1. The topological polar surface area (TPSA) is 84.6 Å². The van der Waals surface area contributed by atoms with E-state index >= 15 is 0 Å². The highest BCUT2D eigenvalue weighted by molar-refractivity contribution is 5.94. The van der Waals surface area contributed by atoms with Crippen molar-refractivity contribution in [2.24, 2.45) is 7.05 Å². The second-order valence-electron chi connectivity index (χ2n) is 6.43. The lowest BCUT2D eigenvalue weighted by molar-refractivity contribution is 0.0703. The molecule has 8 nitrogen and oxygen atoms in total. The Bertz CT molecular complexity index is 835. The molecule has 0 bridgehead atoms. The molecule has 0 saturated carbocycles. The first-order valence-electron chi connectivity index (χ1n) is 8.50. The summed E-state index contributed by atoms with van der Waals surface area (Å²) in [5.41, 5.74) is 0.706. The Morgan fingerprint density at radius 2 is 2.32 bits per heavy atom. The Hall–Kier alpha value is -2.90. The number of piperidine rings is 1. The molecule has 3 aromatic rings. The number of aromatic nitrogens is 6. The number of hydrogen-bond acceptors (Lipinski definition) is 4. The van der Waals surface area contributed by atoms with E-state index in [1.165, 1.54) is 0 Å². The minimum Gasteiger partial charge on any atom is -0.367 e. The number of nitrogens with one attached hydrogen (secondary N) is 1. The van der Waals surface area contributed by atoms with Gasteiger partial charge in [-0.3, -0.25) is 9.48 Å². The van der Waals surface area contributed by atoms with E-state index < -0.39 is 0 Å². The predicted octanol–water partition coefficient (Wildman–Crippen LogP) is 1.41. The Morgan fingerprint density at radius 1 is 1.40 bits per heavy atom. The standard InChI is InChI=1S/C17H21N7O/c1-22-15(12-24-9-3-6-19-24)20-21-16(22)14-4-2-8-23(11-14)17(25)13-5-7-18-10-13/h3,5-7,9-10,14,18H,2,4,8,11-12H2,1H3/t14-/m0/s1. The maximum atomic E-state index is 12.6. The van der Waals surface area contributed by atoms with Crippen molar-refractivity contribution < 1.29 is 4.79 Å². The zero-order valence-electron chi connectivity index (χ0n) is 14.2. The average molecular weight is 339 g/mol. The number of carbonyl (C=O) groups excluding carboxylic acids is 1. The minimum absolute atomic E-state index is 0.0740. The number of carbonyl (C=O) groups is 1. The van der Waals surface area contributed by atoms with Crippen LogP contribution in [0.1, 0.15) is 40.8 Å². The molecule has 0 unspecified atom stereocenters. The van der Waals surface area contributed by atoms with Gasteiger partial charge in [-0.15, -0.1) is 10.2 Å². The fourth-order valence-corrected chi connectivity index (χ4v) is 3.42. The normalized spacial score (nSPS) is 17.8. The van der Waals surface area contributed by atoms with Gasteiger partial charge in [0.05, 0.1) is 5.56 Å². The second-order valence-corrected chi connectivity index (χ2v) is 6.43. The number of likely N-dealkylation sites (tertiary alicyclic amines) is 1. The van der Waals surface area contributed by atoms with E-state index in [9.17, 15) is 4.79 Å². The second kappa shape index (κ2) is 6.54. The number of amides is 1. The molecule has 3 aromatic heterocycles. The smallest absolute Gasteiger partial charge is 0.255 e. The van der Waals surface area contributed by atoms with Gasteiger partial charge in [-0.05, 0) is 25.0 Å². The predicted molar refractivity (Wildman–Crippen MR) is 91.0 cm³/mol. The lowest BCUT2D eigenvalue weighted by Gasteiger charge is -2.32. The van der Waals surface area contributed by atoms with E-state index in [2.05, 4.69) is 20.3 Å². The Balaban J connectivity index is 1.50. The van der Waals surface area contributed by atoms with Crippen LogP contribution in [0, 0.1) is 0 Å². The zero-order valence-corrected chi connectivity index (χ0v) is 14.2. The lowest BCUT2D eigenvalue weighted by atomic mass is 9.96. The van der Waals surface area contributed by atoms with Gasteiger partial charge in [0.2, 0.25) is 0 Å². The monoisotopic (exact) mass is 339 g/mol. The van der Waals surface area contributed by atoms with E-state index in [1.807, 2.05) is 39.5 Å². The summed E-state index contributed by atoms with van der Waals surface area (Å²) in [7, 11) is 1.99. The van der Waals surface area contributed by atoms with Crippen LogP contribution in [0.2, 0.25) is 0 Å². The fourth-order valence-electron chi connectivity index (χ4n) is 3.42. The number of H-pyrrole nitrogens is 1. The van der Waals surface area contributed by atoms with Crippen molar-refractivity contribution in [3.8, 4) is 0 Å². The van der Waals surface area contributed by atoms with E-state index in [1.54, 1.807) is 18.6 Å². The molecule has 0 spiro atoms. The Kier molecular flexibility index (Phi) is 4.09. The van der Waals surface area contributed by atoms with Gasteiger partial charge in [0.1, 0.15) is 12.4 Å². The molecule has 25 heavy (non-hydrogen) atoms. The summed E-state index contributed by atoms with van der Waals surface area (Å²) in [5, 5.41) is 13.0. The lowest BCUT2D eigenvalue weighted by Crippen LogP contribution is -2.39. The van der Waals surface area contributed by atoms with Crippen molar-refractivity contribution in [1.29, 1.82) is 0 Å². The van der Waals surface area contributed by atoms with Crippen LogP contribution in [0.25, 0.3) is 0 Å². The van der Waals surface area contributed by atoms with Crippen molar-refractivity contribution >= 4 is 5.91 Å². The van der Waals surface area contributed by atoms with Gasteiger partial charge >= 0.3 is 0 Å².